The van der Waals surface area contributed by atoms with Crippen molar-refractivity contribution in [2.45, 2.75) is 84.0 Å². The van der Waals surface area contributed by atoms with Crippen LogP contribution < -0.4 is 15.4 Å². The zero-order valence-electron chi connectivity index (χ0n) is 27.2. The van der Waals surface area contributed by atoms with Crippen molar-refractivity contribution >= 4 is 29.4 Å². The summed E-state index contributed by atoms with van der Waals surface area (Å²) in [5.74, 6) is -12.2. The first-order valence-corrected chi connectivity index (χ1v) is 15.1. The molecule has 10 nitrogen and oxygen atoms in total. The highest BCUT2D eigenvalue weighted by Gasteiger charge is 2.34. The van der Waals surface area contributed by atoms with Crippen molar-refractivity contribution in [3.63, 3.8) is 0 Å². The number of carbonyl (C=O) groups excluding carboxylic acids is 4. The first-order chi connectivity index (χ1) is 21.8. The van der Waals surface area contributed by atoms with E-state index in [0.717, 1.165) is 5.56 Å². The summed E-state index contributed by atoms with van der Waals surface area (Å²) in [6, 6.07) is 5.76. The first kappa shape index (κ1) is 37.3. The summed E-state index contributed by atoms with van der Waals surface area (Å²) in [5, 5.41) is 16.0. The number of para-hydroxylation sites is 1. The molecule has 258 valence electrons. The summed E-state index contributed by atoms with van der Waals surface area (Å²) in [6.07, 6.45) is -2.07. The number of ether oxygens (including phenoxy) is 2. The Balaban J connectivity index is 1.65. The smallest absolute Gasteiger partial charge is 0.313 e. The van der Waals surface area contributed by atoms with Crippen LogP contribution in [0.5, 0.6) is 5.75 Å². The lowest BCUT2D eigenvalue weighted by Crippen LogP contribution is -2.51. The largest absolute Gasteiger partial charge is 0.485 e. The fraction of sp³-hybridized carbons (Fsp3) is 0.515. The molecule has 2 atom stereocenters. The number of nitrogens with zero attached hydrogens (tertiary/aromatic N) is 1. The molecule has 14 heteroatoms. The van der Waals surface area contributed by atoms with E-state index in [9.17, 15) is 41.8 Å². The molecule has 0 aromatic heterocycles. The number of piperidine rings is 1. The standard InChI is InChI=1S/C33H41F4N3O7/c1-32(2,3)19-9-7-8-10-22(19)38-30(44)31(45)40-13-11-18(12-14-40)29(43)39-23(16-25(42)47-33(4,5)6)24(41)17-46-28-26(36)20(34)15-21(35)27(28)37/h7-10,15,18,23-24,41H,11-14,16-17H2,1-6H3,(H,38,44)(H,39,43)/t23-,24?/m0/s1. The minimum absolute atomic E-state index is 0.00309. The van der Waals surface area contributed by atoms with Crippen LogP contribution in [0.4, 0.5) is 23.2 Å². The van der Waals surface area contributed by atoms with Gasteiger partial charge >= 0.3 is 17.8 Å². The minimum Gasteiger partial charge on any atom is -0.485 e. The van der Waals surface area contributed by atoms with Gasteiger partial charge in [0.1, 0.15) is 18.3 Å². The predicted molar refractivity (Wildman–Crippen MR) is 163 cm³/mol. The van der Waals surface area contributed by atoms with E-state index in [1.807, 2.05) is 32.9 Å². The van der Waals surface area contributed by atoms with Crippen molar-refractivity contribution in [1.29, 1.82) is 0 Å². The van der Waals surface area contributed by atoms with Crippen molar-refractivity contribution in [3.8, 4) is 5.75 Å². The summed E-state index contributed by atoms with van der Waals surface area (Å²) in [6.45, 7) is 9.91. The number of nitrogens with one attached hydrogen (secondary N) is 2. The van der Waals surface area contributed by atoms with E-state index in [-0.39, 0.29) is 37.4 Å². The van der Waals surface area contributed by atoms with Gasteiger partial charge in [-0.2, -0.15) is 8.78 Å². The van der Waals surface area contributed by atoms with Crippen LogP contribution in [-0.2, 0) is 29.3 Å². The first-order valence-electron chi connectivity index (χ1n) is 15.1. The maximum atomic E-state index is 14.1. The number of hydrogen-bond acceptors (Lipinski definition) is 7. The highest BCUT2D eigenvalue weighted by Crippen LogP contribution is 2.30. The monoisotopic (exact) mass is 667 g/mol. The van der Waals surface area contributed by atoms with Gasteiger partial charge in [0.05, 0.1) is 12.5 Å². The minimum atomic E-state index is -1.82. The normalized spacial score (nSPS) is 15.4. The molecule has 1 unspecified atom stereocenters. The fourth-order valence-electron chi connectivity index (χ4n) is 5.02. The van der Waals surface area contributed by atoms with Crippen molar-refractivity contribution in [2.75, 3.05) is 25.0 Å². The van der Waals surface area contributed by atoms with Gasteiger partial charge in [0.2, 0.25) is 17.5 Å². The zero-order valence-corrected chi connectivity index (χ0v) is 27.2. The molecule has 2 aromatic carbocycles. The van der Waals surface area contributed by atoms with Crippen molar-refractivity contribution in [2.24, 2.45) is 5.92 Å². The molecule has 1 aliphatic rings. The van der Waals surface area contributed by atoms with Crippen molar-refractivity contribution in [3.05, 3.63) is 59.2 Å². The Hall–Kier alpha value is -4.20. The molecule has 3 amide bonds. The van der Waals surface area contributed by atoms with Gasteiger partial charge in [0.25, 0.3) is 0 Å². The van der Waals surface area contributed by atoms with Crippen molar-refractivity contribution in [1.82, 2.24) is 10.2 Å². The third kappa shape index (κ3) is 10.1. The molecule has 0 radical (unpaired) electrons. The van der Waals surface area contributed by atoms with E-state index in [4.69, 9.17) is 9.47 Å². The number of amides is 3. The number of hydrogen-bond donors (Lipinski definition) is 3. The Morgan fingerprint density at radius 2 is 1.53 bits per heavy atom. The molecule has 3 rings (SSSR count). The highest BCUT2D eigenvalue weighted by molar-refractivity contribution is 6.39. The number of likely N-dealkylation sites (tertiary alicyclic amines) is 1. The van der Waals surface area contributed by atoms with Gasteiger partial charge in [-0.1, -0.05) is 39.0 Å². The van der Waals surface area contributed by atoms with Crippen LogP contribution in [0, 0.1) is 29.2 Å². The number of aliphatic hydroxyl groups is 1. The summed E-state index contributed by atoms with van der Waals surface area (Å²) < 4.78 is 65.5. The molecule has 2 aromatic rings. The average Bonchev–Trinajstić information content (AvgIpc) is 2.98. The van der Waals surface area contributed by atoms with Crippen LogP contribution in [0.15, 0.2) is 30.3 Å². The van der Waals surface area contributed by atoms with Gasteiger partial charge in [-0.05, 0) is 50.7 Å². The Morgan fingerprint density at radius 3 is 2.09 bits per heavy atom. The highest BCUT2D eigenvalue weighted by atomic mass is 19.2. The lowest BCUT2D eigenvalue weighted by molar-refractivity contribution is -0.156. The van der Waals surface area contributed by atoms with Crippen LogP contribution in [0.1, 0.15) is 66.4 Å². The van der Waals surface area contributed by atoms with E-state index in [0.29, 0.717) is 5.69 Å². The Bertz CT molecular complexity index is 1460. The van der Waals surface area contributed by atoms with Crippen LogP contribution in [-0.4, -0.2) is 71.1 Å². The van der Waals surface area contributed by atoms with Crippen LogP contribution in [0.2, 0.25) is 0 Å². The van der Waals surface area contributed by atoms with Gasteiger partial charge in [-0.15, -0.1) is 0 Å². The molecule has 1 aliphatic heterocycles. The maximum absolute atomic E-state index is 14.1. The predicted octanol–water partition coefficient (Wildman–Crippen LogP) is 4.37. The quantitative estimate of drug-likeness (QED) is 0.157. The van der Waals surface area contributed by atoms with E-state index < -0.39 is 89.4 Å². The molecule has 0 bridgehead atoms. The number of anilines is 1. The molecular weight excluding hydrogens is 626 g/mol. The van der Waals surface area contributed by atoms with Crippen LogP contribution >= 0.6 is 0 Å². The van der Waals surface area contributed by atoms with Gasteiger partial charge in [0.15, 0.2) is 17.4 Å². The molecule has 3 N–H and O–H groups in total. The third-order valence-electron chi connectivity index (χ3n) is 7.40. The Morgan fingerprint density at radius 1 is 0.957 bits per heavy atom. The second kappa shape index (κ2) is 15.1. The van der Waals surface area contributed by atoms with Crippen molar-refractivity contribution < 1.29 is 51.3 Å². The Labute approximate surface area is 270 Å². The van der Waals surface area contributed by atoms with E-state index in [2.05, 4.69) is 10.6 Å². The number of carbonyl (C=O) groups is 4. The second-order valence-electron chi connectivity index (χ2n) is 13.4. The number of esters is 1. The van der Waals surface area contributed by atoms with Gasteiger partial charge < -0.3 is 30.1 Å². The summed E-state index contributed by atoms with van der Waals surface area (Å²) in [7, 11) is 0. The molecule has 47 heavy (non-hydrogen) atoms. The topological polar surface area (TPSA) is 134 Å². The summed E-state index contributed by atoms with van der Waals surface area (Å²) in [5.41, 5.74) is 0.158. The SMILES string of the molecule is CC(C)(C)OC(=O)C[C@H](NC(=O)C1CCN(C(=O)C(=O)Nc2ccccc2C(C)(C)C)CC1)C(O)COc1c(F)c(F)cc(F)c1F. The van der Waals surface area contributed by atoms with Gasteiger partial charge in [-0.25, -0.2) is 8.78 Å². The van der Waals surface area contributed by atoms with Crippen LogP contribution in [0.3, 0.4) is 0 Å². The molecule has 0 aliphatic carbocycles. The number of benzene rings is 2. The second-order valence-corrected chi connectivity index (χ2v) is 13.4. The molecule has 0 spiro atoms. The number of aliphatic hydroxyl groups excluding tert-OH is 1. The number of rotatable bonds is 9. The molecular formula is C33H41F4N3O7. The third-order valence-corrected chi connectivity index (χ3v) is 7.40. The lowest BCUT2D eigenvalue weighted by Gasteiger charge is -2.33. The fourth-order valence-corrected chi connectivity index (χ4v) is 5.02. The zero-order chi connectivity index (χ0) is 35.3. The molecule has 0 saturated carbocycles. The molecule has 1 heterocycles. The average molecular weight is 668 g/mol. The molecule has 1 fully saturated rings. The van der Waals surface area contributed by atoms with Crippen LogP contribution in [0.25, 0.3) is 0 Å². The van der Waals surface area contributed by atoms with Gasteiger partial charge in [-0.3, -0.25) is 19.2 Å². The van der Waals surface area contributed by atoms with E-state index in [1.54, 1.807) is 32.9 Å². The van der Waals surface area contributed by atoms with E-state index >= 15 is 0 Å². The molecule has 1 saturated heterocycles. The Kier molecular flexibility index (Phi) is 12.0. The number of halogens is 4. The summed E-state index contributed by atoms with van der Waals surface area (Å²) in [4.78, 5) is 52.9. The maximum Gasteiger partial charge on any atom is 0.313 e. The van der Waals surface area contributed by atoms with Gasteiger partial charge in [0, 0.05) is 30.8 Å². The van der Waals surface area contributed by atoms with E-state index in [1.165, 1.54) is 4.90 Å². The lowest BCUT2D eigenvalue weighted by atomic mass is 9.86. The summed E-state index contributed by atoms with van der Waals surface area (Å²) >= 11 is 0.